The summed E-state index contributed by atoms with van der Waals surface area (Å²) in [4.78, 5) is 5.02. The van der Waals surface area contributed by atoms with Gasteiger partial charge in [0, 0.05) is 39.8 Å². The lowest BCUT2D eigenvalue weighted by atomic mass is 10.2. The molecule has 0 aromatic carbocycles. The third kappa shape index (κ3) is 2.45. The Morgan fingerprint density at radius 1 is 1.21 bits per heavy atom. The first-order valence-corrected chi connectivity index (χ1v) is 5.43. The van der Waals surface area contributed by atoms with Crippen LogP contribution in [0.5, 0.6) is 0 Å². The van der Waals surface area contributed by atoms with Crippen molar-refractivity contribution in [2.75, 3.05) is 59.7 Å². The van der Waals surface area contributed by atoms with Crippen LogP contribution in [0.25, 0.3) is 0 Å². The van der Waals surface area contributed by atoms with Crippen molar-refractivity contribution < 1.29 is 9.47 Å². The van der Waals surface area contributed by atoms with Crippen LogP contribution in [0.4, 0.5) is 0 Å². The van der Waals surface area contributed by atoms with Gasteiger partial charge in [0.15, 0.2) is 0 Å². The molecule has 0 radical (unpaired) electrons. The Morgan fingerprint density at radius 2 is 1.93 bits per heavy atom. The average Bonchev–Trinajstić information content (AvgIpc) is 2.14. The van der Waals surface area contributed by atoms with Gasteiger partial charge < -0.3 is 9.47 Å². The molecule has 4 nitrogen and oxygen atoms in total. The second-order valence-electron chi connectivity index (χ2n) is 4.06. The maximum Gasteiger partial charge on any atom is 0.0645 e. The molecule has 0 aromatic heterocycles. The largest absolute Gasteiger partial charge is 0.383 e. The molecule has 2 rings (SSSR count). The molecule has 4 heteroatoms. The highest BCUT2D eigenvalue weighted by atomic mass is 16.5. The van der Waals surface area contributed by atoms with E-state index in [1.54, 1.807) is 7.11 Å². The predicted molar refractivity (Wildman–Crippen MR) is 54.5 cm³/mol. The number of hydrogen-bond acceptors (Lipinski definition) is 4. The molecule has 0 aliphatic carbocycles. The summed E-state index contributed by atoms with van der Waals surface area (Å²) in [5, 5.41) is 0. The van der Waals surface area contributed by atoms with Gasteiger partial charge in [-0.15, -0.1) is 0 Å². The van der Waals surface area contributed by atoms with E-state index in [1.165, 1.54) is 26.2 Å². The molecule has 82 valence electrons. The van der Waals surface area contributed by atoms with Gasteiger partial charge >= 0.3 is 0 Å². The van der Waals surface area contributed by atoms with Crippen LogP contribution in [0.3, 0.4) is 0 Å². The summed E-state index contributed by atoms with van der Waals surface area (Å²) < 4.78 is 10.3. The average molecular weight is 200 g/mol. The van der Waals surface area contributed by atoms with Crippen molar-refractivity contribution in [2.24, 2.45) is 0 Å². The summed E-state index contributed by atoms with van der Waals surface area (Å²) in [6.45, 7) is 8.56. The monoisotopic (exact) mass is 200 g/mol. The topological polar surface area (TPSA) is 24.9 Å². The van der Waals surface area contributed by atoms with Crippen LogP contribution in [-0.4, -0.2) is 75.5 Å². The van der Waals surface area contributed by atoms with Gasteiger partial charge in [-0.1, -0.05) is 0 Å². The molecular formula is C10H20N2O2. The second kappa shape index (κ2) is 5.07. The molecule has 0 bridgehead atoms. The van der Waals surface area contributed by atoms with E-state index in [1.807, 2.05) is 0 Å². The number of rotatable bonds is 4. The first kappa shape index (κ1) is 10.4. The van der Waals surface area contributed by atoms with Crippen molar-refractivity contribution >= 4 is 0 Å². The zero-order chi connectivity index (χ0) is 9.80. The first-order valence-electron chi connectivity index (χ1n) is 5.43. The predicted octanol–water partition coefficient (Wildman–Crippen LogP) is -0.351. The molecule has 0 amide bonds. The second-order valence-corrected chi connectivity index (χ2v) is 4.06. The van der Waals surface area contributed by atoms with Gasteiger partial charge in [-0.25, -0.2) is 0 Å². The molecule has 2 saturated heterocycles. The fourth-order valence-electron chi connectivity index (χ4n) is 2.01. The van der Waals surface area contributed by atoms with Crippen LogP contribution in [0.1, 0.15) is 0 Å². The van der Waals surface area contributed by atoms with Gasteiger partial charge in [-0.05, 0) is 0 Å². The first-order chi connectivity index (χ1) is 6.90. The molecule has 2 heterocycles. The number of piperazine rings is 1. The van der Waals surface area contributed by atoms with Crippen molar-refractivity contribution in [1.82, 2.24) is 9.80 Å². The minimum absolute atomic E-state index is 0.708. The van der Waals surface area contributed by atoms with Gasteiger partial charge in [-0.2, -0.15) is 0 Å². The maximum atomic E-state index is 5.20. The van der Waals surface area contributed by atoms with Gasteiger partial charge in [0.2, 0.25) is 0 Å². The Kier molecular flexibility index (Phi) is 3.75. The molecule has 0 aromatic rings. The Hall–Kier alpha value is -0.160. The van der Waals surface area contributed by atoms with Crippen molar-refractivity contribution in [1.29, 1.82) is 0 Å². The lowest BCUT2D eigenvalue weighted by Crippen LogP contribution is -2.56. The molecular weight excluding hydrogens is 180 g/mol. The van der Waals surface area contributed by atoms with E-state index in [0.29, 0.717) is 6.04 Å². The summed E-state index contributed by atoms with van der Waals surface area (Å²) in [5.74, 6) is 0. The Labute approximate surface area is 85.8 Å². The van der Waals surface area contributed by atoms with Gasteiger partial charge in [0.05, 0.1) is 25.9 Å². The minimum atomic E-state index is 0.708. The molecule has 14 heavy (non-hydrogen) atoms. The van der Waals surface area contributed by atoms with E-state index in [-0.39, 0.29) is 0 Å². The van der Waals surface area contributed by atoms with Crippen molar-refractivity contribution in [2.45, 2.75) is 6.04 Å². The molecule has 0 N–H and O–H groups in total. The number of ether oxygens (including phenoxy) is 2. The van der Waals surface area contributed by atoms with Crippen molar-refractivity contribution in [3.05, 3.63) is 0 Å². The number of methoxy groups -OCH3 is 1. The number of nitrogens with zero attached hydrogens (tertiary/aromatic N) is 2. The van der Waals surface area contributed by atoms with E-state index in [9.17, 15) is 0 Å². The highest BCUT2D eigenvalue weighted by molar-refractivity contribution is 4.82. The normalized spacial score (nSPS) is 26.4. The Balaban J connectivity index is 1.64. The smallest absolute Gasteiger partial charge is 0.0645 e. The van der Waals surface area contributed by atoms with Crippen LogP contribution in [-0.2, 0) is 9.47 Å². The fraction of sp³-hybridized carbons (Fsp3) is 1.00. The number of hydrogen-bond donors (Lipinski definition) is 0. The lowest BCUT2D eigenvalue weighted by Gasteiger charge is -2.42. The molecule has 0 atom stereocenters. The highest BCUT2D eigenvalue weighted by Gasteiger charge is 2.28. The standard InChI is InChI=1S/C10H20N2O2/c1-13-7-6-11-2-4-12(5-3-11)10-8-14-9-10/h10H,2-9H2,1H3. The van der Waals surface area contributed by atoms with E-state index < -0.39 is 0 Å². The minimum Gasteiger partial charge on any atom is -0.383 e. The zero-order valence-electron chi connectivity index (χ0n) is 8.95. The van der Waals surface area contributed by atoms with Crippen LogP contribution in [0.2, 0.25) is 0 Å². The summed E-state index contributed by atoms with van der Waals surface area (Å²) in [7, 11) is 1.77. The highest BCUT2D eigenvalue weighted by Crippen LogP contribution is 2.12. The SMILES string of the molecule is COCCN1CCN(C2COC2)CC1. The third-order valence-electron chi connectivity index (χ3n) is 3.16. The summed E-state index contributed by atoms with van der Waals surface area (Å²) >= 11 is 0. The lowest BCUT2D eigenvalue weighted by molar-refractivity contribution is -0.0776. The summed E-state index contributed by atoms with van der Waals surface area (Å²) in [5.41, 5.74) is 0. The molecule has 0 spiro atoms. The molecule has 2 aliphatic rings. The molecule has 0 saturated carbocycles. The van der Waals surface area contributed by atoms with Gasteiger partial charge in [0.1, 0.15) is 0 Å². The van der Waals surface area contributed by atoms with E-state index >= 15 is 0 Å². The summed E-state index contributed by atoms with van der Waals surface area (Å²) in [6, 6.07) is 0.708. The summed E-state index contributed by atoms with van der Waals surface area (Å²) in [6.07, 6.45) is 0. The van der Waals surface area contributed by atoms with Crippen LogP contribution in [0, 0.1) is 0 Å². The van der Waals surface area contributed by atoms with Gasteiger partial charge in [-0.3, -0.25) is 9.80 Å². The van der Waals surface area contributed by atoms with E-state index in [0.717, 1.165) is 26.4 Å². The van der Waals surface area contributed by atoms with Crippen molar-refractivity contribution in [3.63, 3.8) is 0 Å². The van der Waals surface area contributed by atoms with Crippen molar-refractivity contribution in [3.8, 4) is 0 Å². The quantitative estimate of drug-likeness (QED) is 0.619. The Morgan fingerprint density at radius 3 is 2.43 bits per heavy atom. The Bertz CT molecular complexity index is 166. The van der Waals surface area contributed by atoms with Crippen LogP contribution >= 0.6 is 0 Å². The molecule has 0 unspecified atom stereocenters. The fourth-order valence-corrected chi connectivity index (χ4v) is 2.01. The molecule has 2 fully saturated rings. The van der Waals surface area contributed by atoms with Crippen LogP contribution < -0.4 is 0 Å². The van der Waals surface area contributed by atoms with Gasteiger partial charge in [0.25, 0.3) is 0 Å². The van der Waals surface area contributed by atoms with Crippen LogP contribution in [0.15, 0.2) is 0 Å². The maximum absolute atomic E-state index is 5.20. The van der Waals surface area contributed by atoms with E-state index in [2.05, 4.69) is 9.80 Å². The van der Waals surface area contributed by atoms with E-state index in [4.69, 9.17) is 9.47 Å². The zero-order valence-corrected chi connectivity index (χ0v) is 8.95. The third-order valence-corrected chi connectivity index (χ3v) is 3.16. The molecule has 2 aliphatic heterocycles.